The SMILES string of the molecule is CCCc1noc(CCC(=O)N2CCC[C@@H](c3nc(C)cs3)C2)n1. The quantitative estimate of drug-likeness (QED) is 0.802. The summed E-state index contributed by atoms with van der Waals surface area (Å²) in [5.74, 6) is 1.84. The topological polar surface area (TPSA) is 72.1 Å². The van der Waals surface area contributed by atoms with E-state index < -0.39 is 0 Å². The van der Waals surface area contributed by atoms with Gasteiger partial charge in [-0.15, -0.1) is 11.3 Å². The number of likely N-dealkylation sites (tertiary alicyclic amines) is 1. The Kier molecular flexibility index (Phi) is 5.60. The lowest BCUT2D eigenvalue weighted by atomic mass is 9.98. The molecule has 0 unspecified atom stereocenters. The van der Waals surface area contributed by atoms with Gasteiger partial charge in [-0.25, -0.2) is 4.98 Å². The van der Waals surface area contributed by atoms with E-state index >= 15 is 0 Å². The monoisotopic (exact) mass is 348 g/mol. The van der Waals surface area contributed by atoms with Crippen molar-refractivity contribution in [2.24, 2.45) is 0 Å². The Balaban J connectivity index is 1.52. The highest BCUT2D eigenvalue weighted by Gasteiger charge is 2.26. The maximum absolute atomic E-state index is 12.5. The smallest absolute Gasteiger partial charge is 0.227 e. The van der Waals surface area contributed by atoms with Crippen molar-refractivity contribution in [1.29, 1.82) is 0 Å². The fourth-order valence-corrected chi connectivity index (χ4v) is 3.98. The highest BCUT2D eigenvalue weighted by atomic mass is 32.1. The van der Waals surface area contributed by atoms with E-state index in [0.29, 0.717) is 24.7 Å². The van der Waals surface area contributed by atoms with Crippen molar-refractivity contribution in [3.8, 4) is 0 Å². The van der Waals surface area contributed by atoms with E-state index in [1.54, 1.807) is 11.3 Å². The molecule has 0 bridgehead atoms. The van der Waals surface area contributed by atoms with E-state index in [-0.39, 0.29) is 5.91 Å². The molecule has 3 rings (SSSR count). The van der Waals surface area contributed by atoms with Gasteiger partial charge in [-0.1, -0.05) is 12.1 Å². The first-order valence-corrected chi connectivity index (χ1v) is 9.55. The van der Waals surface area contributed by atoms with Gasteiger partial charge in [0.2, 0.25) is 11.8 Å². The number of aromatic nitrogens is 3. The van der Waals surface area contributed by atoms with Crippen LogP contribution in [0.3, 0.4) is 0 Å². The molecule has 1 aliphatic heterocycles. The minimum atomic E-state index is 0.170. The number of thiazole rings is 1. The minimum Gasteiger partial charge on any atom is -0.342 e. The van der Waals surface area contributed by atoms with Gasteiger partial charge in [0, 0.05) is 49.3 Å². The molecule has 24 heavy (non-hydrogen) atoms. The Hall–Kier alpha value is -1.76. The molecule has 1 fully saturated rings. The predicted molar refractivity (Wildman–Crippen MR) is 92.0 cm³/mol. The molecule has 1 amide bonds. The average molecular weight is 348 g/mol. The van der Waals surface area contributed by atoms with Gasteiger partial charge in [0.05, 0.1) is 5.01 Å². The molecule has 7 heteroatoms. The van der Waals surface area contributed by atoms with Gasteiger partial charge in [-0.3, -0.25) is 4.79 Å². The van der Waals surface area contributed by atoms with Crippen molar-refractivity contribution in [3.05, 3.63) is 27.8 Å². The van der Waals surface area contributed by atoms with Crippen LogP contribution in [0.2, 0.25) is 0 Å². The van der Waals surface area contributed by atoms with E-state index in [1.807, 2.05) is 11.8 Å². The lowest BCUT2D eigenvalue weighted by molar-refractivity contribution is -0.132. The molecule has 0 aromatic carbocycles. The van der Waals surface area contributed by atoms with Gasteiger partial charge in [-0.2, -0.15) is 4.98 Å². The molecule has 2 aromatic rings. The summed E-state index contributed by atoms with van der Waals surface area (Å²) in [7, 11) is 0. The number of hydrogen-bond donors (Lipinski definition) is 0. The molecule has 0 spiro atoms. The highest BCUT2D eigenvalue weighted by Crippen LogP contribution is 2.29. The summed E-state index contributed by atoms with van der Waals surface area (Å²) in [4.78, 5) is 23.4. The second kappa shape index (κ2) is 7.88. The van der Waals surface area contributed by atoms with E-state index in [9.17, 15) is 4.79 Å². The summed E-state index contributed by atoms with van der Waals surface area (Å²) in [6, 6.07) is 0. The molecule has 1 aliphatic rings. The number of nitrogens with zero attached hydrogens (tertiary/aromatic N) is 4. The fourth-order valence-electron chi connectivity index (χ4n) is 3.05. The lowest BCUT2D eigenvalue weighted by Gasteiger charge is -2.31. The van der Waals surface area contributed by atoms with Crippen LogP contribution in [0.1, 0.15) is 60.9 Å². The van der Waals surface area contributed by atoms with Gasteiger partial charge in [0.25, 0.3) is 0 Å². The normalized spacial score (nSPS) is 18.1. The molecule has 3 heterocycles. The Morgan fingerprint density at radius 1 is 1.42 bits per heavy atom. The number of carbonyl (C=O) groups excluding carboxylic acids is 1. The van der Waals surface area contributed by atoms with E-state index in [4.69, 9.17) is 4.52 Å². The molecule has 1 saturated heterocycles. The first kappa shape index (κ1) is 17.1. The third-order valence-electron chi connectivity index (χ3n) is 4.30. The van der Waals surface area contributed by atoms with E-state index in [2.05, 4.69) is 27.4 Å². The van der Waals surface area contributed by atoms with Crippen LogP contribution in [0.25, 0.3) is 0 Å². The van der Waals surface area contributed by atoms with Crippen LogP contribution in [-0.4, -0.2) is 39.0 Å². The van der Waals surface area contributed by atoms with Crippen molar-refractivity contribution in [1.82, 2.24) is 20.0 Å². The molecular weight excluding hydrogens is 324 g/mol. The average Bonchev–Trinajstić information content (AvgIpc) is 3.22. The molecule has 1 atom stereocenters. The van der Waals surface area contributed by atoms with Crippen LogP contribution in [0.15, 0.2) is 9.90 Å². The van der Waals surface area contributed by atoms with Crippen molar-refractivity contribution >= 4 is 17.2 Å². The standard InChI is InChI=1S/C17H24N4O2S/c1-3-5-14-19-15(23-20-14)7-8-16(22)21-9-4-6-13(10-21)17-18-12(2)11-24-17/h11,13H,3-10H2,1-2H3/t13-/m1/s1. The first-order chi connectivity index (χ1) is 11.7. The molecule has 0 saturated carbocycles. The van der Waals surface area contributed by atoms with Crippen molar-refractivity contribution in [2.75, 3.05) is 13.1 Å². The second-order valence-corrected chi connectivity index (χ2v) is 7.25. The summed E-state index contributed by atoms with van der Waals surface area (Å²) in [6.07, 6.45) is 4.91. The molecular formula is C17H24N4O2S. The number of amides is 1. The number of carbonyl (C=O) groups is 1. The molecule has 0 aliphatic carbocycles. The third-order valence-corrected chi connectivity index (χ3v) is 5.42. The summed E-state index contributed by atoms with van der Waals surface area (Å²) in [6.45, 7) is 5.71. The van der Waals surface area contributed by atoms with Gasteiger partial charge in [0.15, 0.2) is 5.82 Å². The zero-order valence-corrected chi connectivity index (χ0v) is 15.1. The zero-order chi connectivity index (χ0) is 16.9. The maximum Gasteiger partial charge on any atom is 0.227 e. The predicted octanol–water partition coefficient (Wildman–Crippen LogP) is 3.13. The largest absolute Gasteiger partial charge is 0.342 e. The zero-order valence-electron chi connectivity index (χ0n) is 14.3. The lowest BCUT2D eigenvalue weighted by Crippen LogP contribution is -2.39. The van der Waals surface area contributed by atoms with Crippen molar-refractivity contribution in [2.45, 2.75) is 58.3 Å². The Labute approximate surface area is 146 Å². The van der Waals surface area contributed by atoms with Crippen LogP contribution < -0.4 is 0 Å². The molecule has 2 aromatic heterocycles. The Morgan fingerprint density at radius 3 is 3.04 bits per heavy atom. The van der Waals surface area contributed by atoms with Gasteiger partial charge in [0.1, 0.15) is 0 Å². The minimum absolute atomic E-state index is 0.170. The van der Waals surface area contributed by atoms with Crippen molar-refractivity contribution < 1.29 is 9.32 Å². The maximum atomic E-state index is 12.5. The van der Waals surface area contributed by atoms with Gasteiger partial charge >= 0.3 is 0 Å². The van der Waals surface area contributed by atoms with E-state index in [0.717, 1.165) is 55.3 Å². The van der Waals surface area contributed by atoms with Crippen molar-refractivity contribution in [3.63, 3.8) is 0 Å². The first-order valence-electron chi connectivity index (χ1n) is 8.67. The van der Waals surface area contributed by atoms with Crippen LogP contribution in [-0.2, 0) is 17.6 Å². The molecule has 0 N–H and O–H groups in total. The highest BCUT2D eigenvalue weighted by molar-refractivity contribution is 7.09. The summed E-state index contributed by atoms with van der Waals surface area (Å²) in [5, 5.41) is 7.17. The van der Waals surface area contributed by atoms with E-state index in [1.165, 1.54) is 0 Å². The number of aryl methyl sites for hydroxylation is 3. The molecule has 6 nitrogen and oxygen atoms in total. The van der Waals surface area contributed by atoms with Gasteiger partial charge < -0.3 is 9.42 Å². The third kappa shape index (κ3) is 4.20. The number of rotatable bonds is 6. The van der Waals surface area contributed by atoms with Gasteiger partial charge in [-0.05, 0) is 26.2 Å². The summed E-state index contributed by atoms with van der Waals surface area (Å²) >= 11 is 1.71. The number of hydrogen-bond acceptors (Lipinski definition) is 6. The second-order valence-electron chi connectivity index (χ2n) is 6.36. The number of piperidine rings is 1. The Morgan fingerprint density at radius 2 is 2.29 bits per heavy atom. The molecule has 130 valence electrons. The van der Waals surface area contributed by atoms with Crippen LogP contribution in [0.4, 0.5) is 0 Å². The fraction of sp³-hybridized carbons (Fsp3) is 0.647. The van der Waals surface area contributed by atoms with Crippen LogP contribution in [0.5, 0.6) is 0 Å². The van der Waals surface area contributed by atoms with Crippen LogP contribution >= 0.6 is 11.3 Å². The molecule has 0 radical (unpaired) electrons. The summed E-state index contributed by atoms with van der Waals surface area (Å²) in [5.41, 5.74) is 1.07. The Bertz CT molecular complexity index is 682. The summed E-state index contributed by atoms with van der Waals surface area (Å²) < 4.78 is 5.21. The van der Waals surface area contributed by atoms with Crippen LogP contribution in [0, 0.1) is 6.92 Å².